The van der Waals surface area contributed by atoms with Crippen molar-refractivity contribution in [1.82, 2.24) is 4.90 Å². The zero-order valence-electron chi connectivity index (χ0n) is 10.6. The van der Waals surface area contributed by atoms with Gasteiger partial charge >= 0.3 is 0 Å². The molecule has 0 unspecified atom stereocenters. The van der Waals surface area contributed by atoms with Crippen LogP contribution >= 0.6 is 0 Å². The molecule has 1 aliphatic rings. The van der Waals surface area contributed by atoms with Gasteiger partial charge in [-0.2, -0.15) is 0 Å². The summed E-state index contributed by atoms with van der Waals surface area (Å²) in [5, 5.41) is 9.62. The Kier molecular flexibility index (Phi) is 3.82. The molecule has 94 valence electrons. The molecule has 1 saturated heterocycles. The van der Waals surface area contributed by atoms with Crippen molar-refractivity contribution >= 4 is 0 Å². The van der Waals surface area contributed by atoms with Crippen LogP contribution < -0.4 is 0 Å². The summed E-state index contributed by atoms with van der Waals surface area (Å²) in [4.78, 5) is 2.24. The molecule has 1 fully saturated rings. The largest absolute Gasteiger partial charge is 0.392 e. The topological polar surface area (TPSA) is 32.7 Å². The second-order valence-electron chi connectivity index (χ2n) is 4.80. The molecule has 1 aromatic rings. The van der Waals surface area contributed by atoms with E-state index in [0.717, 1.165) is 26.1 Å². The fraction of sp³-hybridized carbons (Fsp3) is 0.571. The van der Waals surface area contributed by atoms with Crippen LogP contribution in [0.4, 0.5) is 0 Å². The number of nitrogens with zero attached hydrogens (tertiary/aromatic N) is 1. The van der Waals surface area contributed by atoms with Gasteiger partial charge < -0.3 is 9.84 Å². The van der Waals surface area contributed by atoms with Crippen molar-refractivity contribution in [3.8, 4) is 0 Å². The van der Waals surface area contributed by atoms with E-state index in [4.69, 9.17) is 4.74 Å². The van der Waals surface area contributed by atoms with Crippen LogP contribution in [0.3, 0.4) is 0 Å². The van der Waals surface area contributed by atoms with Gasteiger partial charge in [0.2, 0.25) is 0 Å². The number of benzene rings is 1. The van der Waals surface area contributed by atoms with Crippen LogP contribution in [0.2, 0.25) is 0 Å². The molecule has 0 amide bonds. The third kappa shape index (κ3) is 2.51. The first-order chi connectivity index (χ1) is 8.20. The van der Waals surface area contributed by atoms with Gasteiger partial charge in [-0.25, -0.2) is 0 Å². The van der Waals surface area contributed by atoms with Gasteiger partial charge in [-0.15, -0.1) is 0 Å². The molecule has 3 nitrogen and oxygen atoms in total. The number of aliphatic hydroxyl groups is 1. The van der Waals surface area contributed by atoms with Crippen molar-refractivity contribution in [3.05, 3.63) is 35.9 Å². The van der Waals surface area contributed by atoms with Crippen LogP contribution in [-0.2, 0) is 10.3 Å². The highest BCUT2D eigenvalue weighted by Crippen LogP contribution is 2.35. The van der Waals surface area contributed by atoms with Gasteiger partial charge in [0.05, 0.1) is 6.10 Å². The fourth-order valence-corrected chi connectivity index (χ4v) is 2.40. The summed E-state index contributed by atoms with van der Waals surface area (Å²) in [5.74, 6) is 0. The van der Waals surface area contributed by atoms with Crippen LogP contribution in [0.25, 0.3) is 0 Å². The van der Waals surface area contributed by atoms with E-state index < -0.39 is 0 Å². The van der Waals surface area contributed by atoms with Gasteiger partial charge in [0.1, 0.15) is 5.60 Å². The summed E-state index contributed by atoms with van der Waals surface area (Å²) in [6, 6.07) is 10.3. The molecule has 17 heavy (non-hydrogen) atoms. The highest BCUT2D eigenvalue weighted by molar-refractivity contribution is 5.26. The predicted octanol–water partition coefficient (Wildman–Crippen LogP) is 1.61. The molecule has 2 rings (SSSR count). The number of hydrogen-bond acceptors (Lipinski definition) is 3. The molecule has 1 aliphatic heterocycles. The summed E-state index contributed by atoms with van der Waals surface area (Å²) in [7, 11) is 1.76. The van der Waals surface area contributed by atoms with Crippen LogP contribution in [0.15, 0.2) is 30.3 Å². The molecule has 0 spiro atoms. The van der Waals surface area contributed by atoms with E-state index in [-0.39, 0.29) is 11.7 Å². The Balaban J connectivity index is 1.98. The van der Waals surface area contributed by atoms with Crippen molar-refractivity contribution in [2.45, 2.75) is 25.0 Å². The van der Waals surface area contributed by atoms with Gasteiger partial charge in [0, 0.05) is 26.7 Å². The third-order valence-electron chi connectivity index (χ3n) is 3.59. The van der Waals surface area contributed by atoms with E-state index in [9.17, 15) is 5.11 Å². The normalized spacial score (nSPS) is 20.9. The molecule has 3 heteroatoms. The maximum atomic E-state index is 9.62. The highest BCUT2D eigenvalue weighted by atomic mass is 16.5. The van der Waals surface area contributed by atoms with Gasteiger partial charge in [0.25, 0.3) is 0 Å². The smallest absolute Gasteiger partial charge is 0.118 e. The molecule has 1 atom stereocenters. The molecule has 1 aromatic carbocycles. The minimum Gasteiger partial charge on any atom is -0.392 e. The van der Waals surface area contributed by atoms with E-state index >= 15 is 0 Å². The molecule has 1 heterocycles. The van der Waals surface area contributed by atoms with Crippen molar-refractivity contribution in [2.75, 3.05) is 26.7 Å². The Morgan fingerprint density at radius 1 is 1.35 bits per heavy atom. The van der Waals surface area contributed by atoms with Crippen molar-refractivity contribution in [3.63, 3.8) is 0 Å². The van der Waals surface area contributed by atoms with Gasteiger partial charge in [0.15, 0.2) is 0 Å². The molecule has 0 bridgehead atoms. The number of likely N-dealkylation sites (tertiary alicyclic amines) is 1. The number of ether oxygens (including phenoxy) is 1. The first kappa shape index (κ1) is 12.6. The first-order valence-corrected chi connectivity index (χ1v) is 6.21. The zero-order valence-corrected chi connectivity index (χ0v) is 10.6. The molecule has 1 N–H and O–H groups in total. The average molecular weight is 235 g/mol. The molecule has 0 aliphatic carbocycles. The minimum absolute atomic E-state index is 0.172. The Hall–Kier alpha value is -0.900. The minimum atomic E-state index is -0.222. The Morgan fingerprint density at radius 2 is 2.00 bits per heavy atom. The van der Waals surface area contributed by atoms with E-state index in [1.807, 2.05) is 25.1 Å². The fourth-order valence-electron chi connectivity index (χ4n) is 2.40. The molecule has 0 aromatic heterocycles. The van der Waals surface area contributed by atoms with E-state index in [0.29, 0.717) is 0 Å². The lowest BCUT2D eigenvalue weighted by molar-refractivity contribution is -0.138. The van der Waals surface area contributed by atoms with E-state index in [1.165, 1.54) is 5.56 Å². The van der Waals surface area contributed by atoms with Crippen LogP contribution in [0.1, 0.15) is 18.9 Å². The second-order valence-corrected chi connectivity index (χ2v) is 4.80. The number of hydrogen-bond donors (Lipinski definition) is 1. The number of aliphatic hydroxyl groups excluding tert-OH is 1. The lowest BCUT2D eigenvalue weighted by Gasteiger charge is -2.50. The molecule has 0 saturated carbocycles. The Morgan fingerprint density at radius 3 is 2.53 bits per heavy atom. The Labute approximate surface area is 103 Å². The van der Waals surface area contributed by atoms with E-state index in [1.54, 1.807) is 7.11 Å². The zero-order chi connectivity index (χ0) is 12.3. The van der Waals surface area contributed by atoms with Crippen molar-refractivity contribution in [1.29, 1.82) is 0 Å². The van der Waals surface area contributed by atoms with Crippen LogP contribution in [0.5, 0.6) is 0 Å². The van der Waals surface area contributed by atoms with Crippen molar-refractivity contribution < 1.29 is 9.84 Å². The molecule has 0 radical (unpaired) electrons. The summed E-state index contributed by atoms with van der Waals surface area (Å²) in [6.07, 6.45) is 0.586. The monoisotopic (exact) mass is 235 g/mol. The summed E-state index contributed by atoms with van der Waals surface area (Å²) < 4.78 is 5.68. The lowest BCUT2D eigenvalue weighted by atomic mass is 9.85. The highest BCUT2D eigenvalue weighted by Gasteiger charge is 2.44. The van der Waals surface area contributed by atoms with Crippen LogP contribution in [-0.4, -0.2) is 42.9 Å². The lowest BCUT2D eigenvalue weighted by Crippen LogP contribution is -2.61. The summed E-state index contributed by atoms with van der Waals surface area (Å²) in [5.41, 5.74) is 1.05. The quantitative estimate of drug-likeness (QED) is 0.841. The van der Waals surface area contributed by atoms with Crippen LogP contribution in [0, 0.1) is 0 Å². The maximum Gasteiger partial charge on any atom is 0.118 e. The van der Waals surface area contributed by atoms with Gasteiger partial charge in [-0.05, 0) is 12.0 Å². The number of rotatable bonds is 5. The molecular weight excluding hydrogens is 214 g/mol. The molecular formula is C14H21NO2. The second kappa shape index (κ2) is 5.17. The summed E-state index contributed by atoms with van der Waals surface area (Å²) in [6.45, 7) is 4.48. The average Bonchev–Trinajstić information content (AvgIpc) is 2.34. The SMILES string of the molecule is CC[C@H](O)CN1CC(OC)(c2ccccc2)C1. The Bertz CT molecular complexity index is 346. The van der Waals surface area contributed by atoms with E-state index in [2.05, 4.69) is 17.0 Å². The van der Waals surface area contributed by atoms with Crippen molar-refractivity contribution in [2.24, 2.45) is 0 Å². The number of β-amino-alcohol motifs (C(OH)–C–C–N with tert-alkyl or cyclic N) is 1. The number of methoxy groups -OCH3 is 1. The first-order valence-electron chi connectivity index (χ1n) is 6.21. The van der Waals surface area contributed by atoms with Gasteiger partial charge in [-0.1, -0.05) is 37.3 Å². The third-order valence-corrected chi connectivity index (χ3v) is 3.59. The summed E-state index contributed by atoms with van der Waals surface area (Å²) >= 11 is 0. The maximum absolute atomic E-state index is 9.62. The van der Waals surface area contributed by atoms with Gasteiger partial charge in [-0.3, -0.25) is 4.90 Å². The predicted molar refractivity (Wildman–Crippen MR) is 67.9 cm³/mol. The standard InChI is InChI=1S/C14H21NO2/c1-3-13(16)9-15-10-14(11-15,17-2)12-7-5-4-6-8-12/h4-8,13,16H,3,9-11H2,1-2H3/t13-/m0/s1.